The van der Waals surface area contributed by atoms with E-state index in [9.17, 15) is 14.7 Å². The molecular weight excluding hydrogens is 390 g/mol. The SMILES string of the molecule is CCCCCCCCCCCCCCCC(=O)N[C@H](CN[C@H](C(N)=O)C(C)C)[C@@H](C)O. The van der Waals surface area contributed by atoms with Gasteiger partial charge in [0.15, 0.2) is 0 Å². The van der Waals surface area contributed by atoms with Crippen LogP contribution in [0.15, 0.2) is 0 Å². The van der Waals surface area contributed by atoms with Crippen molar-refractivity contribution in [1.82, 2.24) is 10.6 Å². The summed E-state index contributed by atoms with van der Waals surface area (Å²) in [4.78, 5) is 23.7. The van der Waals surface area contributed by atoms with Gasteiger partial charge in [-0.2, -0.15) is 0 Å². The Labute approximate surface area is 191 Å². The van der Waals surface area contributed by atoms with Crippen LogP contribution in [-0.4, -0.2) is 41.7 Å². The smallest absolute Gasteiger partial charge is 0.234 e. The molecule has 0 bridgehead atoms. The van der Waals surface area contributed by atoms with Crippen LogP contribution >= 0.6 is 0 Å². The number of hydrogen-bond donors (Lipinski definition) is 4. The molecule has 0 saturated carbocycles. The first-order valence-corrected chi connectivity index (χ1v) is 12.8. The van der Waals surface area contributed by atoms with Crippen molar-refractivity contribution in [3.05, 3.63) is 0 Å². The minimum atomic E-state index is -0.705. The second kappa shape index (κ2) is 19.5. The van der Waals surface area contributed by atoms with E-state index in [0.717, 1.165) is 12.8 Å². The number of rotatable bonds is 21. The van der Waals surface area contributed by atoms with Crippen molar-refractivity contribution < 1.29 is 14.7 Å². The molecule has 184 valence electrons. The van der Waals surface area contributed by atoms with Crippen molar-refractivity contribution in [3.63, 3.8) is 0 Å². The van der Waals surface area contributed by atoms with E-state index < -0.39 is 24.1 Å². The minimum Gasteiger partial charge on any atom is -0.391 e. The fraction of sp³-hybridized carbons (Fsp3) is 0.920. The number of carbonyl (C=O) groups excluding carboxylic acids is 2. The van der Waals surface area contributed by atoms with E-state index >= 15 is 0 Å². The van der Waals surface area contributed by atoms with Crippen LogP contribution in [-0.2, 0) is 9.59 Å². The highest BCUT2D eigenvalue weighted by Crippen LogP contribution is 2.13. The zero-order chi connectivity index (χ0) is 23.5. The fourth-order valence-electron chi connectivity index (χ4n) is 3.84. The monoisotopic (exact) mass is 441 g/mol. The number of aliphatic hydroxyl groups is 1. The molecule has 0 aliphatic rings. The van der Waals surface area contributed by atoms with Gasteiger partial charge in [-0.05, 0) is 19.3 Å². The van der Waals surface area contributed by atoms with Gasteiger partial charge in [0, 0.05) is 13.0 Å². The van der Waals surface area contributed by atoms with E-state index in [1.54, 1.807) is 6.92 Å². The fourth-order valence-corrected chi connectivity index (χ4v) is 3.84. The van der Waals surface area contributed by atoms with Crippen molar-refractivity contribution in [3.8, 4) is 0 Å². The molecule has 0 spiro atoms. The van der Waals surface area contributed by atoms with Crippen LogP contribution in [0.2, 0.25) is 0 Å². The maximum Gasteiger partial charge on any atom is 0.234 e. The van der Waals surface area contributed by atoms with Crippen molar-refractivity contribution >= 4 is 11.8 Å². The number of carbonyl (C=O) groups is 2. The van der Waals surface area contributed by atoms with Crippen molar-refractivity contribution in [2.24, 2.45) is 11.7 Å². The van der Waals surface area contributed by atoms with Gasteiger partial charge in [0.25, 0.3) is 0 Å². The lowest BCUT2D eigenvalue weighted by Gasteiger charge is -2.26. The van der Waals surface area contributed by atoms with E-state index in [0.29, 0.717) is 13.0 Å². The Hall–Kier alpha value is -1.14. The predicted octanol–water partition coefficient (Wildman–Crippen LogP) is 4.43. The lowest BCUT2D eigenvalue weighted by molar-refractivity contribution is -0.122. The summed E-state index contributed by atoms with van der Waals surface area (Å²) in [5.41, 5.74) is 5.41. The van der Waals surface area contributed by atoms with Crippen LogP contribution in [0.25, 0.3) is 0 Å². The van der Waals surface area contributed by atoms with Crippen LogP contribution in [0.4, 0.5) is 0 Å². The molecule has 0 saturated heterocycles. The molecule has 3 atom stereocenters. The average molecular weight is 442 g/mol. The summed E-state index contributed by atoms with van der Waals surface area (Å²) in [7, 11) is 0. The summed E-state index contributed by atoms with van der Waals surface area (Å²) < 4.78 is 0. The van der Waals surface area contributed by atoms with Gasteiger partial charge in [-0.25, -0.2) is 0 Å². The molecule has 2 amide bonds. The molecule has 0 unspecified atom stereocenters. The van der Waals surface area contributed by atoms with Crippen LogP contribution in [0.3, 0.4) is 0 Å². The second-order valence-corrected chi connectivity index (χ2v) is 9.44. The standard InChI is InChI=1S/C25H51N3O3/c1-5-6-7-8-9-10-11-12-13-14-15-16-17-18-23(30)28-22(21(4)29)19-27-24(20(2)3)25(26)31/h20-22,24,27,29H,5-19H2,1-4H3,(H2,26,31)(H,28,30)/t21-,22-,24+/m1/s1. The highest BCUT2D eigenvalue weighted by molar-refractivity contribution is 5.80. The van der Waals surface area contributed by atoms with Gasteiger partial charge >= 0.3 is 0 Å². The number of aliphatic hydroxyl groups excluding tert-OH is 1. The van der Waals surface area contributed by atoms with Gasteiger partial charge in [-0.1, -0.05) is 97.8 Å². The first-order chi connectivity index (χ1) is 14.8. The van der Waals surface area contributed by atoms with Gasteiger partial charge in [0.2, 0.25) is 11.8 Å². The third-order valence-electron chi connectivity index (χ3n) is 5.97. The average Bonchev–Trinajstić information content (AvgIpc) is 2.70. The molecule has 0 aliphatic heterocycles. The van der Waals surface area contributed by atoms with Crippen LogP contribution in [0, 0.1) is 5.92 Å². The first kappa shape index (κ1) is 29.9. The third-order valence-corrected chi connectivity index (χ3v) is 5.97. The van der Waals surface area contributed by atoms with Gasteiger partial charge in [0.05, 0.1) is 18.2 Å². The van der Waals surface area contributed by atoms with Crippen LogP contribution < -0.4 is 16.4 Å². The van der Waals surface area contributed by atoms with Crippen molar-refractivity contribution in [2.75, 3.05) is 6.54 Å². The molecule has 6 nitrogen and oxygen atoms in total. The highest BCUT2D eigenvalue weighted by Gasteiger charge is 2.23. The number of nitrogens with one attached hydrogen (secondary N) is 2. The predicted molar refractivity (Wildman–Crippen MR) is 130 cm³/mol. The molecule has 0 radical (unpaired) electrons. The summed E-state index contributed by atoms with van der Waals surface area (Å²) in [5, 5.41) is 15.9. The Morgan fingerprint density at radius 2 is 1.26 bits per heavy atom. The van der Waals surface area contributed by atoms with E-state index in [1.807, 2.05) is 13.8 Å². The van der Waals surface area contributed by atoms with E-state index in [4.69, 9.17) is 5.73 Å². The topological polar surface area (TPSA) is 104 Å². The largest absolute Gasteiger partial charge is 0.391 e. The molecule has 0 rings (SSSR count). The lowest BCUT2D eigenvalue weighted by atomic mass is 10.0. The summed E-state index contributed by atoms with van der Waals surface area (Å²) in [6.07, 6.45) is 16.4. The second-order valence-electron chi connectivity index (χ2n) is 9.44. The van der Waals surface area contributed by atoms with Crippen LogP contribution in [0.1, 0.15) is 118 Å². The quantitative estimate of drug-likeness (QED) is 0.198. The van der Waals surface area contributed by atoms with Gasteiger partial charge in [-0.15, -0.1) is 0 Å². The molecule has 5 N–H and O–H groups in total. The third kappa shape index (κ3) is 17.1. The van der Waals surface area contributed by atoms with Gasteiger partial charge < -0.3 is 21.5 Å². The Bertz CT molecular complexity index is 455. The lowest BCUT2D eigenvalue weighted by Crippen LogP contribution is -2.54. The Kier molecular flexibility index (Phi) is 18.8. The van der Waals surface area contributed by atoms with Crippen molar-refractivity contribution in [2.45, 2.75) is 136 Å². The molecule has 0 aliphatic carbocycles. The Morgan fingerprint density at radius 3 is 1.65 bits per heavy atom. The van der Waals surface area contributed by atoms with Gasteiger partial charge in [-0.3, -0.25) is 9.59 Å². The van der Waals surface area contributed by atoms with E-state index in [2.05, 4.69) is 17.6 Å². The van der Waals surface area contributed by atoms with Crippen LogP contribution in [0.5, 0.6) is 0 Å². The van der Waals surface area contributed by atoms with Crippen molar-refractivity contribution in [1.29, 1.82) is 0 Å². The maximum atomic E-state index is 12.2. The zero-order valence-corrected chi connectivity index (χ0v) is 20.8. The number of hydrogen-bond acceptors (Lipinski definition) is 4. The summed E-state index contributed by atoms with van der Waals surface area (Å²) in [6, 6.07) is -0.908. The maximum absolute atomic E-state index is 12.2. The normalized spacial score (nSPS) is 14.4. The number of amides is 2. The number of nitrogens with two attached hydrogens (primary N) is 1. The van der Waals surface area contributed by atoms with Gasteiger partial charge in [0.1, 0.15) is 0 Å². The molecular formula is C25H51N3O3. The number of primary amides is 1. The summed E-state index contributed by atoms with van der Waals surface area (Å²) in [6.45, 7) is 8.04. The summed E-state index contributed by atoms with van der Waals surface area (Å²) >= 11 is 0. The van der Waals surface area contributed by atoms with E-state index in [-0.39, 0.29) is 11.8 Å². The summed E-state index contributed by atoms with van der Waals surface area (Å²) in [5.74, 6) is -0.415. The number of unbranched alkanes of at least 4 members (excludes halogenated alkanes) is 12. The zero-order valence-electron chi connectivity index (χ0n) is 20.8. The Morgan fingerprint density at radius 1 is 0.806 bits per heavy atom. The minimum absolute atomic E-state index is 0.0454. The molecule has 0 aromatic heterocycles. The Balaban J connectivity index is 3.80. The molecule has 31 heavy (non-hydrogen) atoms. The molecule has 0 aromatic carbocycles. The molecule has 0 fully saturated rings. The highest BCUT2D eigenvalue weighted by atomic mass is 16.3. The first-order valence-electron chi connectivity index (χ1n) is 12.8. The molecule has 0 heterocycles. The molecule has 0 aromatic rings. The van der Waals surface area contributed by atoms with E-state index in [1.165, 1.54) is 70.6 Å². The molecule has 6 heteroatoms.